The van der Waals surface area contributed by atoms with Crippen LogP contribution in [0.2, 0.25) is 0 Å². The van der Waals surface area contributed by atoms with Gasteiger partial charge in [-0.25, -0.2) is 9.98 Å². The zero-order valence-corrected chi connectivity index (χ0v) is 18.3. The molecule has 5 N–H and O–H groups in total. The smallest absolute Gasteiger partial charge is 0.201 e. The second-order valence-corrected chi connectivity index (χ2v) is 8.76. The Morgan fingerprint density at radius 2 is 2.10 bits per heavy atom. The third-order valence-electron chi connectivity index (χ3n) is 5.07. The number of fused-ring (bicyclic) bond motifs is 1. The van der Waals surface area contributed by atoms with Crippen molar-refractivity contribution in [2.75, 3.05) is 0 Å². The van der Waals surface area contributed by atoms with Gasteiger partial charge in [-0.2, -0.15) is 0 Å². The fourth-order valence-corrected chi connectivity index (χ4v) is 4.45. The van der Waals surface area contributed by atoms with Gasteiger partial charge in [-0.05, 0) is 47.2 Å². The highest BCUT2D eigenvalue weighted by molar-refractivity contribution is 14.1. The molecule has 0 aliphatic carbocycles. The molecule has 4 rings (SSSR count). The Morgan fingerprint density at radius 1 is 1.34 bits per heavy atom. The van der Waals surface area contributed by atoms with E-state index in [0.717, 1.165) is 9.13 Å². The summed E-state index contributed by atoms with van der Waals surface area (Å²) in [5.41, 5.74) is 6.94. The van der Waals surface area contributed by atoms with Gasteiger partial charge in [0.05, 0.1) is 12.4 Å². The molecule has 1 saturated heterocycles. The first kappa shape index (κ1) is 20.8. The molecule has 29 heavy (non-hydrogen) atoms. The van der Waals surface area contributed by atoms with Gasteiger partial charge in [0.1, 0.15) is 29.5 Å². The first-order chi connectivity index (χ1) is 13.8. The summed E-state index contributed by atoms with van der Waals surface area (Å²) in [6.45, 7) is 1.94. The Bertz CT molecular complexity index is 1030. The van der Waals surface area contributed by atoms with Gasteiger partial charge in [-0.1, -0.05) is 23.7 Å². The maximum Gasteiger partial charge on any atom is 0.201 e. The molecule has 1 aromatic heterocycles. The van der Waals surface area contributed by atoms with Crippen molar-refractivity contribution in [2.45, 2.75) is 49.7 Å². The molecule has 1 aromatic carbocycles. The molecule has 0 saturated carbocycles. The van der Waals surface area contributed by atoms with Crippen molar-refractivity contribution in [3.05, 3.63) is 50.6 Å². The summed E-state index contributed by atoms with van der Waals surface area (Å²) < 4.78 is 8.25. The Kier molecular flexibility index (Phi) is 5.75. The summed E-state index contributed by atoms with van der Waals surface area (Å²) in [5, 5.41) is 30.8. The first-order valence-electron chi connectivity index (χ1n) is 9.03. The summed E-state index contributed by atoms with van der Waals surface area (Å²) >= 11 is 8.74. The summed E-state index contributed by atoms with van der Waals surface area (Å²) in [4.78, 5) is 10.5. The topological polar surface area (TPSA) is 129 Å². The molecule has 2 aliphatic heterocycles. The average molecular weight is 534 g/mol. The monoisotopic (exact) mass is 533 g/mol. The third-order valence-corrected chi connectivity index (χ3v) is 6.08. The predicted octanol–water partition coefficient (Wildman–Crippen LogP) is -0.830. The highest BCUT2D eigenvalue weighted by Gasteiger charge is 2.46. The van der Waals surface area contributed by atoms with E-state index in [1.54, 1.807) is 4.90 Å². The maximum atomic E-state index is 10.4. The number of rotatable bonds is 4. The fraction of sp³-hybridized carbons (Fsp3) is 0.444. The number of aliphatic hydroxyl groups excluding tert-OH is 3. The number of imidazole rings is 1. The van der Waals surface area contributed by atoms with Crippen LogP contribution < -0.4 is 16.6 Å². The van der Waals surface area contributed by atoms with E-state index in [2.05, 4.69) is 32.6 Å². The normalized spacial score (nSPS) is 30.2. The fourth-order valence-electron chi connectivity index (χ4n) is 3.58. The van der Waals surface area contributed by atoms with E-state index in [4.69, 9.17) is 22.1 Å². The maximum absolute atomic E-state index is 10.4. The Hall–Kier alpha value is -1.44. The van der Waals surface area contributed by atoms with Gasteiger partial charge in [0, 0.05) is 10.1 Å². The van der Waals surface area contributed by atoms with E-state index in [9.17, 15) is 15.3 Å². The molecule has 2 aromatic rings. The van der Waals surface area contributed by atoms with Gasteiger partial charge in [-0.15, -0.1) is 0 Å². The van der Waals surface area contributed by atoms with Crippen LogP contribution in [0.25, 0.3) is 5.82 Å². The zero-order chi connectivity index (χ0) is 20.9. The lowest BCUT2D eigenvalue weighted by Crippen LogP contribution is -2.49. The van der Waals surface area contributed by atoms with E-state index in [0.29, 0.717) is 23.2 Å². The van der Waals surface area contributed by atoms with Crippen LogP contribution >= 0.6 is 34.2 Å². The second kappa shape index (κ2) is 8.00. The molecule has 3 heterocycles. The van der Waals surface area contributed by atoms with Crippen LogP contribution in [0.3, 0.4) is 0 Å². The minimum atomic E-state index is -1.26. The largest absolute Gasteiger partial charge is 0.391 e. The number of alkyl halides is 1. The van der Waals surface area contributed by atoms with Gasteiger partial charge in [0.2, 0.25) is 5.62 Å². The van der Waals surface area contributed by atoms with Gasteiger partial charge < -0.3 is 30.7 Å². The van der Waals surface area contributed by atoms with E-state index < -0.39 is 36.3 Å². The standard InChI is InChI=1S/C18H21ClIN5O4/c1-8(26)14-12(27)13(28)17(29-14)25-7-22-11-15(21)24(18(19)23-16(11)25)6-9-3-2-4-10(20)5-9/h2-5,7-8,12-14,17-18,26-28H,6,21H2,1H3/t8?,12-,13+,14+,17+,18?/m0/s1. The molecule has 0 spiro atoms. The summed E-state index contributed by atoms with van der Waals surface area (Å²) in [6, 6.07) is 7.97. The predicted molar refractivity (Wildman–Crippen MR) is 113 cm³/mol. The second-order valence-electron chi connectivity index (χ2n) is 7.12. The lowest BCUT2D eigenvalue weighted by molar-refractivity contribution is -0.0801. The van der Waals surface area contributed by atoms with Crippen LogP contribution in [-0.4, -0.2) is 59.8 Å². The van der Waals surface area contributed by atoms with Crippen molar-refractivity contribution in [2.24, 2.45) is 10.7 Å². The van der Waals surface area contributed by atoms with Crippen LogP contribution in [0.5, 0.6) is 0 Å². The third kappa shape index (κ3) is 3.73. The number of nitrogens with two attached hydrogens (primary N) is 1. The quantitative estimate of drug-likeness (QED) is 0.229. The molecular weight excluding hydrogens is 513 g/mol. The van der Waals surface area contributed by atoms with Crippen molar-refractivity contribution in [1.82, 2.24) is 14.5 Å². The molecule has 9 nitrogen and oxygen atoms in total. The molecule has 1 fully saturated rings. The Morgan fingerprint density at radius 3 is 2.76 bits per heavy atom. The molecule has 11 heteroatoms. The van der Waals surface area contributed by atoms with Gasteiger partial charge in [0.25, 0.3) is 0 Å². The molecule has 2 unspecified atom stereocenters. The van der Waals surface area contributed by atoms with Gasteiger partial charge >= 0.3 is 0 Å². The van der Waals surface area contributed by atoms with Crippen molar-refractivity contribution < 1.29 is 20.1 Å². The van der Waals surface area contributed by atoms with Crippen molar-refractivity contribution in [3.63, 3.8) is 0 Å². The number of benzene rings is 1. The number of nitrogens with zero attached hydrogens (tertiary/aromatic N) is 4. The zero-order valence-electron chi connectivity index (χ0n) is 15.4. The van der Waals surface area contributed by atoms with Crippen molar-refractivity contribution in [3.8, 4) is 0 Å². The highest BCUT2D eigenvalue weighted by atomic mass is 127. The number of hydrogen-bond acceptors (Lipinski definition) is 8. The van der Waals surface area contributed by atoms with Crippen LogP contribution in [0.4, 0.5) is 0 Å². The van der Waals surface area contributed by atoms with Crippen molar-refractivity contribution >= 4 is 40.0 Å². The molecule has 0 amide bonds. The van der Waals surface area contributed by atoms with E-state index in [-0.39, 0.29) is 0 Å². The first-order valence-corrected chi connectivity index (χ1v) is 10.5. The van der Waals surface area contributed by atoms with Gasteiger partial charge in [0.15, 0.2) is 11.7 Å². The summed E-state index contributed by atoms with van der Waals surface area (Å²) in [6.07, 6.45) is -3.92. The lowest BCUT2D eigenvalue weighted by Gasteiger charge is -2.29. The molecule has 156 valence electrons. The molecule has 0 bridgehead atoms. The molecule has 6 atom stereocenters. The number of aromatic nitrogens is 2. The molecule has 0 radical (unpaired) electrons. The van der Waals surface area contributed by atoms with Crippen LogP contribution in [0, 0.1) is 3.57 Å². The SMILES string of the molecule is CC(O)[C@H]1O[C@@H](n2cnc3c2=NC(Cl)N(Cc2cccc(I)c2)C=3N)[C@H](O)[C@@H]1O. The Balaban J connectivity index is 1.69. The molecular formula is C18H21ClIN5O4. The van der Waals surface area contributed by atoms with Crippen LogP contribution in [-0.2, 0) is 11.3 Å². The number of halogens is 2. The van der Waals surface area contributed by atoms with E-state index in [1.807, 2.05) is 24.3 Å². The summed E-state index contributed by atoms with van der Waals surface area (Å²) in [5.74, 6) is 0.354. The number of hydrogen-bond donors (Lipinski definition) is 4. The lowest BCUT2D eigenvalue weighted by atomic mass is 10.1. The van der Waals surface area contributed by atoms with Crippen LogP contribution in [0.1, 0.15) is 18.7 Å². The minimum absolute atomic E-state index is 0.351. The number of aliphatic hydroxyl groups is 3. The average Bonchev–Trinajstić information content (AvgIpc) is 3.20. The number of ether oxygens (including phenoxy) is 1. The summed E-state index contributed by atoms with van der Waals surface area (Å²) in [7, 11) is 0. The van der Waals surface area contributed by atoms with Crippen LogP contribution in [0.15, 0.2) is 35.6 Å². The highest BCUT2D eigenvalue weighted by Crippen LogP contribution is 2.30. The van der Waals surface area contributed by atoms with Crippen molar-refractivity contribution in [1.29, 1.82) is 0 Å². The molecule has 2 aliphatic rings. The van der Waals surface area contributed by atoms with E-state index in [1.165, 1.54) is 17.8 Å². The van der Waals surface area contributed by atoms with Gasteiger partial charge in [-0.3, -0.25) is 4.57 Å². The minimum Gasteiger partial charge on any atom is -0.391 e. The Labute approximate surface area is 185 Å². The van der Waals surface area contributed by atoms with E-state index >= 15 is 0 Å².